The van der Waals surface area contributed by atoms with Crippen molar-refractivity contribution >= 4 is 12.1 Å². The van der Waals surface area contributed by atoms with Crippen LogP contribution in [0.1, 0.15) is 19.4 Å². The van der Waals surface area contributed by atoms with E-state index in [1.807, 2.05) is 0 Å². The number of aliphatic carboxylic acids is 1. The Kier molecular flexibility index (Phi) is 7.53. The molecular formula is C19H22F6N2O5. The highest BCUT2D eigenvalue weighted by atomic mass is 19.4. The predicted octanol–water partition coefficient (Wildman–Crippen LogP) is 3.68. The van der Waals surface area contributed by atoms with Crippen LogP contribution in [0.2, 0.25) is 0 Å². The van der Waals surface area contributed by atoms with Gasteiger partial charge < -0.3 is 19.5 Å². The number of carbonyl (C=O) groups excluding carboxylic acids is 1. The molecule has 180 valence electrons. The molecule has 1 amide bonds. The van der Waals surface area contributed by atoms with Crippen LogP contribution in [0, 0.1) is 0 Å². The van der Waals surface area contributed by atoms with E-state index in [0.29, 0.717) is 11.3 Å². The third-order valence-electron chi connectivity index (χ3n) is 4.69. The molecule has 1 aromatic rings. The van der Waals surface area contributed by atoms with Crippen LogP contribution in [0.3, 0.4) is 0 Å². The van der Waals surface area contributed by atoms with Gasteiger partial charge in [0.25, 0.3) is 6.10 Å². The van der Waals surface area contributed by atoms with E-state index in [4.69, 9.17) is 4.74 Å². The zero-order valence-corrected chi connectivity index (χ0v) is 17.2. The minimum atomic E-state index is -5.77. The van der Waals surface area contributed by atoms with Crippen molar-refractivity contribution in [3.63, 3.8) is 0 Å². The van der Waals surface area contributed by atoms with E-state index in [1.165, 1.54) is 13.8 Å². The van der Waals surface area contributed by atoms with Crippen LogP contribution in [0.15, 0.2) is 24.3 Å². The first kappa shape index (κ1) is 25.6. The van der Waals surface area contributed by atoms with Gasteiger partial charge in [0, 0.05) is 38.3 Å². The van der Waals surface area contributed by atoms with Gasteiger partial charge in [0.15, 0.2) is 5.60 Å². The Morgan fingerprint density at radius 1 is 1.00 bits per heavy atom. The topological polar surface area (TPSA) is 79.3 Å². The summed E-state index contributed by atoms with van der Waals surface area (Å²) in [5.41, 5.74) is -0.862. The average molecular weight is 472 g/mol. The van der Waals surface area contributed by atoms with Crippen LogP contribution < -0.4 is 4.74 Å². The second kappa shape index (κ2) is 9.43. The number of alkyl halides is 6. The third kappa shape index (κ3) is 6.65. The van der Waals surface area contributed by atoms with E-state index < -0.39 is 36.1 Å². The highest BCUT2D eigenvalue weighted by Gasteiger charge is 2.60. The normalized spacial score (nSPS) is 16.2. The molecule has 1 aliphatic rings. The van der Waals surface area contributed by atoms with Crippen LogP contribution in [0.5, 0.6) is 5.75 Å². The number of carbonyl (C=O) groups is 2. The van der Waals surface area contributed by atoms with E-state index in [2.05, 4.69) is 4.74 Å². The number of rotatable bonds is 6. The number of benzene rings is 1. The van der Waals surface area contributed by atoms with Crippen LogP contribution in [-0.2, 0) is 16.1 Å². The number of hydrogen-bond acceptors (Lipinski definition) is 5. The summed E-state index contributed by atoms with van der Waals surface area (Å²) < 4.78 is 84.8. The van der Waals surface area contributed by atoms with Crippen molar-refractivity contribution in [1.29, 1.82) is 0 Å². The highest BCUT2D eigenvalue weighted by Crippen LogP contribution is 2.36. The van der Waals surface area contributed by atoms with E-state index >= 15 is 0 Å². The fraction of sp³-hybridized carbons (Fsp3) is 0.579. The molecule has 0 radical (unpaired) electrons. The number of amides is 1. The van der Waals surface area contributed by atoms with Gasteiger partial charge in [-0.1, -0.05) is 18.2 Å². The summed E-state index contributed by atoms with van der Waals surface area (Å²) in [6.07, 6.45) is -17.4. The Bertz CT molecular complexity index is 805. The van der Waals surface area contributed by atoms with Gasteiger partial charge in [-0.25, -0.2) is 9.59 Å². The first-order valence-electron chi connectivity index (χ1n) is 9.43. The van der Waals surface area contributed by atoms with Crippen molar-refractivity contribution in [3.8, 4) is 5.75 Å². The number of piperazine rings is 1. The number of hydrogen-bond donors (Lipinski definition) is 1. The molecule has 0 unspecified atom stereocenters. The van der Waals surface area contributed by atoms with Gasteiger partial charge in [-0.3, -0.25) is 4.90 Å². The van der Waals surface area contributed by atoms with E-state index in [9.17, 15) is 41.0 Å². The van der Waals surface area contributed by atoms with Crippen LogP contribution in [-0.4, -0.2) is 77.2 Å². The quantitative estimate of drug-likeness (QED) is 0.637. The molecule has 1 heterocycles. The smallest absolute Gasteiger partial charge is 0.434 e. The number of carboxylic acids is 1. The molecule has 13 heteroatoms. The summed E-state index contributed by atoms with van der Waals surface area (Å²) in [4.78, 5) is 25.7. The van der Waals surface area contributed by atoms with Gasteiger partial charge in [-0.05, 0) is 19.9 Å². The van der Waals surface area contributed by atoms with Crippen molar-refractivity contribution in [2.24, 2.45) is 0 Å². The molecule has 2 rings (SSSR count). The SMILES string of the molecule is CC(C)(Oc1ccccc1CN1CCN(C(=O)OC(C(F)(F)F)C(F)(F)F)CC1)C(=O)O. The van der Waals surface area contributed by atoms with Crippen LogP contribution >= 0.6 is 0 Å². The Morgan fingerprint density at radius 3 is 2.03 bits per heavy atom. The lowest BCUT2D eigenvalue weighted by atomic mass is 10.1. The molecule has 1 fully saturated rings. The standard InChI is InChI=1S/C19H22F6N2O5/c1-17(2,15(28)29)32-13-6-4-3-5-12(13)11-26-7-9-27(10-8-26)16(30)31-14(18(20,21)22)19(23,24)25/h3-6,14H,7-11H2,1-2H3,(H,28,29). The molecule has 32 heavy (non-hydrogen) atoms. The van der Waals surface area contributed by atoms with Gasteiger partial charge in [0.1, 0.15) is 5.75 Å². The first-order valence-corrected chi connectivity index (χ1v) is 9.43. The molecule has 0 atom stereocenters. The summed E-state index contributed by atoms with van der Waals surface area (Å²) >= 11 is 0. The van der Waals surface area contributed by atoms with Crippen molar-refractivity contribution < 1.29 is 50.5 Å². The predicted molar refractivity (Wildman–Crippen MR) is 98.0 cm³/mol. The summed E-state index contributed by atoms with van der Waals surface area (Å²) in [5.74, 6) is -0.851. The van der Waals surface area contributed by atoms with Gasteiger partial charge in [0.2, 0.25) is 0 Å². The summed E-state index contributed by atoms with van der Waals surface area (Å²) in [6, 6.07) is 6.65. The Labute approximate surface area is 179 Å². The molecule has 7 nitrogen and oxygen atoms in total. The zero-order valence-electron chi connectivity index (χ0n) is 17.2. The fourth-order valence-corrected chi connectivity index (χ4v) is 2.88. The Morgan fingerprint density at radius 2 is 1.53 bits per heavy atom. The highest BCUT2D eigenvalue weighted by molar-refractivity contribution is 5.76. The van der Waals surface area contributed by atoms with Crippen molar-refractivity contribution in [2.75, 3.05) is 26.2 Å². The van der Waals surface area contributed by atoms with Gasteiger partial charge in [-0.2, -0.15) is 26.3 Å². The number of halogens is 6. The van der Waals surface area contributed by atoms with E-state index in [1.54, 1.807) is 29.2 Å². The number of nitrogens with zero attached hydrogens (tertiary/aromatic N) is 2. The van der Waals surface area contributed by atoms with Crippen molar-refractivity contribution in [3.05, 3.63) is 29.8 Å². The lowest BCUT2D eigenvalue weighted by Crippen LogP contribution is -2.52. The number of ether oxygens (including phenoxy) is 2. The van der Waals surface area contributed by atoms with Gasteiger partial charge >= 0.3 is 24.4 Å². The second-order valence-corrected chi connectivity index (χ2v) is 7.64. The average Bonchev–Trinajstić information content (AvgIpc) is 2.66. The number of para-hydroxylation sites is 1. The van der Waals surface area contributed by atoms with Gasteiger partial charge in [0.05, 0.1) is 0 Å². The molecule has 1 aliphatic heterocycles. The lowest BCUT2D eigenvalue weighted by molar-refractivity contribution is -0.308. The molecule has 1 N–H and O–H groups in total. The summed E-state index contributed by atoms with van der Waals surface area (Å²) in [6.45, 7) is 3.03. The first-order chi connectivity index (χ1) is 14.6. The Balaban J connectivity index is 1.98. The maximum Gasteiger partial charge on any atom is 0.434 e. The van der Waals surface area contributed by atoms with Crippen molar-refractivity contribution in [2.45, 2.75) is 44.4 Å². The largest absolute Gasteiger partial charge is 0.478 e. The molecule has 1 aromatic carbocycles. The van der Waals surface area contributed by atoms with Crippen molar-refractivity contribution in [1.82, 2.24) is 9.80 Å². The fourth-order valence-electron chi connectivity index (χ4n) is 2.88. The van der Waals surface area contributed by atoms with Crippen LogP contribution in [0.4, 0.5) is 31.1 Å². The minimum absolute atomic E-state index is 0.147. The molecule has 1 saturated heterocycles. The minimum Gasteiger partial charge on any atom is -0.478 e. The molecule has 0 aliphatic carbocycles. The number of carboxylic acid groups (broad SMARTS) is 1. The zero-order chi connectivity index (χ0) is 24.3. The van der Waals surface area contributed by atoms with E-state index in [-0.39, 0.29) is 32.7 Å². The molecular weight excluding hydrogens is 450 g/mol. The third-order valence-corrected chi connectivity index (χ3v) is 4.69. The molecule has 0 saturated carbocycles. The molecule has 0 bridgehead atoms. The van der Waals surface area contributed by atoms with Gasteiger partial charge in [-0.15, -0.1) is 0 Å². The Hall–Kier alpha value is -2.70. The van der Waals surface area contributed by atoms with Crippen LogP contribution in [0.25, 0.3) is 0 Å². The maximum atomic E-state index is 12.6. The monoisotopic (exact) mass is 472 g/mol. The summed E-state index contributed by atoms with van der Waals surface area (Å²) in [7, 11) is 0. The molecule has 0 spiro atoms. The molecule has 0 aromatic heterocycles. The second-order valence-electron chi connectivity index (χ2n) is 7.64. The summed E-state index contributed by atoms with van der Waals surface area (Å²) in [5, 5.41) is 9.23. The van der Waals surface area contributed by atoms with E-state index in [0.717, 1.165) is 4.90 Å². The maximum absolute atomic E-state index is 12.6. The lowest BCUT2D eigenvalue weighted by Gasteiger charge is -2.35.